The zero-order valence-corrected chi connectivity index (χ0v) is 18.6. The zero-order valence-electron chi connectivity index (χ0n) is 18.6. The molecule has 2 aromatic heterocycles. The van der Waals surface area contributed by atoms with E-state index >= 15 is 0 Å². The third kappa shape index (κ3) is 4.19. The standard InChI is InChI=1S/C23H22N4O7/c1-3-31-21(29)23(22(30)32-4-2)12-11-19(28)27(23)16-7-10-18(24-13-16)34-17-8-5-15(6-9-17)20-26-25-14-33-20/h5-10,13-14H,3-4,11-12H2,1-2H3. The lowest BCUT2D eigenvalue weighted by molar-refractivity contribution is -0.164. The van der Waals surface area contributed by atoms with Gasteiger partial charge in [-0.3, -0.25) is 9.69 Å². The number of anilines is 1. The fourth-order valence-electron chi connectivity index (χ4n) is 3.71. The Morgan fingerprint density at radius 2 is 1.76 bits per heavy atom. The third-order valence-corrected chi connectivity index (χ3v) is 5.22. The van der Waals surface area contributed by atoms with Gasteiger partial charge in [0.2, 0.25) is 29.6 Å². The second-order valence-corrected chi connectivity index (χ2v) is 7.26. The molecule has 3 aromatic rings. The molecule has 0 N–H and O–H groups in total. The summed E-state index contributed by atoms with van der Waals surface area (Å²) >= 11 is 0. The van der Waals surface area contributed by atoms with Crippen LogP contribution in [0.1, 0.15) is 26.7 Å². The number of hydrogen-bond donors (Lipinski definition) is 0. The quantitative estimate of drug-likeness (QED) is 0.360. The lowest BCUT2D eigenvalue weighted by Crippen LogP contribution is -2.59. The zero-order chi connectivity index (χ0) is 24.1. The predicted octanol–water partition coefficient (Wildman–Crippen LogP) is 2.92. The summed E-state index contributed by atoms with van der Waals surface area (Å²) in [6.07, 6.45) is 2.55. The number of esters is 2. The van der Waals surface area contributed by atoms with Crippen LogP contribution in [-0.4, -0.2) is 51.8 Å². The molecule has 1 aromatic carbocycles. The number of carbonyl (C=O) groups is 3. The van der Waals surface area contributed by atoms with Crippen molar-refractivity contribution in [3.05, 3.63) is 49.0 Å². The molecule has 1 fully saturated rings. The maximum absolute atomic E-state index is 12.9. The number of pyridine rings is 1. The minimum absolute atomic E-state index is 0.0116. The molecule has 4 rings (SSSR count). The molecular formula is C23H22N4O7. The molecule has 1 aliphatic heterocycles. The number of rotatable bonds is 8. The molecule has 1 aliphatic rings. The lowest BCUT2D eigenvalue weighted by Gasteiger charge is -2.33. The van der Waals surface area contributed by atoms with E-state index in [1.165, 1.54) is 18.7 Å². The highest BCUT2D eigenvalue weighted by molar-refractivity contribution is 6.18. The summed E-state index contributed by atoms with van der Waals surface area (Å²) < 4.78 is 21.2. The Morgan fingerprint density at radius 3 is 2.32 bits per heavy atom. The van der Waals surface area contributed by atoms with E-state index in [1.54, 1.807) is 44.2 Å². The number of nitrogens with zero attached hydrogens (tertiary/aromatic N) is 4. The van der Waals surface area contributed by atoms with Gasteiger partial charge < -0.3 is 18.6 Å². The van der Waals surface area contributed by atoms with E-state index in [2.05, 4.69) is 15.2 Å². The largest absolute Gasteiger partial charge is 0.464 e. The molecule has 1 amide bonds. The normalized spacial score (nSPS) is 14.6. The average Bonchev–Trinajstić information content (AvgIpc) is 3.49. The van der Waals surface area contributed by atoms with Gasteiger partial charge >= 0.3 is 11.9 Å². The average molecular weight is 466 g/mol. The molecule has 11 heteroatoms. The van der Waals surface area contributed by atoms with Crippen molar-refractivity contribution in [3.63, 3.8) is 0 Å². The second kappa shape index (κ2) is 9.69. The molecule has 11 nitrogen and oxygen atoms in total. The first-order chi connectivity index (χ1) is 16.5. The maximum Gasteiger partial charge on any atom is 0.344 e. The van der Waals surface area contributed by atoms with E-state index in [9.17, 15) is 14.4 Å². The summed E-state index contributed by atoms with van der Waals surface area (Å²) in [5.41, 5.74) is -0.907. The number of carbonyl (C=O) groups excluding carboxylic acids is 3. The summed E-state index contributed by atoms with van der Waals surface area (Å²) in [5.74, 6) is -0.932. The second-order valence-electron chi connectivity index (χ2n) is 7.26. The number of amides is 1. The first-order valence-corrected chi connectivity index (χ1v) is 10.7. The fourth-order valence-corrected chi connectivity index (χ4v) is 3.71. The Hall–Kier alpha value is -4.28. The summed E-state index contributed by atoms with van der Waals surface area (Å²) in [6.45, 7) is 3.36. The van der Waals surface area contributed by atoms with Crippen LogP contribution in [0.25, 0.3) is 11.5 Å². The molecule has 176 valence electrons. The van der Waals surface area contributed by atoms with E-state index in [0.29, 0.717) is 11.6 Å². The van der Waals surface area contributed by atoms with E-state index in [-0.39, 0.29) is 37.6 Å². The topological polar surface area (TPSA) is 134 Å². The highest BCUT2D eigenvalue weighted by Gasteiger charge is 2.60. The molecule has 0 atom stereocenters. The van der Waals surface area contributed by atoms with Crippen LogP contribution >= 0.6 is 0 Å². The van der Waals surface area contributed by atoms with Crippen LogP contribution in [-0.2, 0) is 23.9 Å². The number of aromatic nitrogens is 3. The molecule has 0 saturated carbocycles. The van der Waals surface area contributed by atoms with Crippen molar-refractivity contribution in [1.29, 1.82) is 0 Å². The van der Waals surface area contributed by atoms with Gasteiger partial charge in [-0.05, 0) is 44.2 Å². The van der Waals surface area contributed by atoms with Crippen LogP contribution in [0, 0.1) is 0 Å². The minimum Gasteiger partial charge on any atom is -0.464 e. The lowest BCUT2D eigenvalue weighted by atomic mass is 9.95. The van der Waals surface area contributed by atoms with Crippen LogP contribution in [0.3, 0.4) is 0 Å². The molecule has 3 heterocycles. The van der Waals surface area contributed by atoms with Crippen molar-refractivity contribution >= 4 is 23.5 Å². The Morgan fingerprint density at radius 1 is 1.06 bits per heavy atom. The van der Waals surface area contributed by atoms with E-state index < -0.39 is 23.4 Å². The molecule has 0 aliphatic carbocycles. The van der Waals surface area contributed by atoms with Gasteiger partial charge in [0.25, 0.3) is 0 Å². The smallest absolute Gasteiger partial charge is 0.344 e. The van der Waals surface area contributed by atoms with Crippen LogP contribution in [0.5, 0.6) is 11.6 Å². The van der Waals surface area contributed by atoms with Gasteiger partial charge in [0.1, 0.15) is 5.75 Å². The van der Waals surface area contributed by atoms with Gasteiger partial charge in [-0.2, -0.15) is 0 Å². The molecule has 0 spiro atoms. The van der Waals surface area contributed by atoms with Gasteiger partial charge in [-0.25, -0.2) is 14.6 Å². The monoisotopic (exact) mass is 466 g/mol. The van der Waals surface area contributed by atoms with Crippen LogP contribution in [0.2, 0.25) is 0 Å². The van der Waals surface area contributed by atoms with E-state index in [1.807, 2.05) is 0 Å². The van der Waals surface area contributed by atoms with Gasteiger partial charge in [-0.1, -0.05) is 0 Å². The Balaban J connectivity index is 1.57. The summed E-state index contributed by atoms with van der Waals surface area (Å²) in [4.78, 5) is 43.8. The first-order valence-electron chi connectivity index (χ1n) is 10.7. The molecular weight excluding hydrogens is 444 g/mol. The van der Waals surface area contributed by atoms with E-state index in [4.69, 9.17) is 18.6 Å². The van der Waals surface area contributed by atoms with Crippen LogP contribution in [0.4, 0.5) is 5.69 Å². The van der Waals surface area contributed by atoms with Crippen molar-refractivity contribution in [2.75, 3.05) is 18.1 Å². The van der Waals surface area contributed by atoms with Crippen molar-refractivity contribution in [2.24, 2.45) is 0 Å². The number of benzene rings is 1. The van der Waals surface area contributed by atoms with Crippen LogP contribution in [0.15, 0.2) is 53.4 Å². The SMILES string of the molecule is CCOC(=O)C1(C(=O)OCC)CCC(=O)N1c1ccc(Oc2ccc(-c3nnco3)cc2)nc1. The Bertz CT molecular complexity index is 1140. The van der Waals surface area contributed by atoms with Gasteiger partial charge in [0.05, 0.1) is 25.1 Å². The van der Waals surface area contributed by atoms with Gasteiger partial charge in [0, 0.05) is 24.5 Å². The molecule has 0 bridgehead atoms. The van der Waals surface area contributed by atoms with Crippen molar-refractivity contribution in [2.45, 2.75) is 32.2 Å². The molecule has 0 unspecified atom stereocenters. The highest BCUT2D eigenvalue weighted by atomic mass is 16.6. The molecule has 1 saturated heterocycles. The van der Waals surface area contributed by atoms with Crippen molar-refractivity contribution in [3.8, 4) is 23.1 Å². The fraction of sp³-hybridized carbons (Fsp3) is 0.304. The number of hydrogen-bond acceptors (Lipinski definition) is 10. The van der Waals surface area contributed by atoms with E-state index in [0.717, 1.165) is 10.5 Å². The highest BCUT2D eigenvalue weighted by Crippen LogP contribution is 2.38. The Kier molecular flexibility index (Phi) is 6.53. The predicted molar refractivity (Wildman–Crippen MR) is 117 cm³/mol. The van der Waals surface area contributed by atoms with Crippen molar-refractivity contribution < 1.29 is 33.0 Å². The summed E-state index contributed by atoms with van der Waals surface area (Å²) in [7, 11) is 0. The van der Waals surface area contributed by atoms with Gasteiger partial charge in [-0.15, -0.1) is 10.2 Å². The third-order valence-electron chi connectivity index (χ3n) is 5.22. The van der Waals surface area contributed by atoms with Gasteiger partial charge in [0.15, 0.2) is 0 Å². The maximum atomic E-state index is 12.9. The molecule has 34 heavy (non-hydrogen) atoms. The molecule has 0 radical (unpaired) electrons. The minimum atomic E-state index is -1.89. The first kappa shape index (κ1) is 22.9. The van der Waals surface area contributed by atoms with Crippen molar-refractivity contribution in [1.82, 2.24) is 15.2 Å². The summed E-state index contributed by atoms with van der Waals surface area (Å²) in [5, 5.41) is 7.49. The Labute approximate surface area is 194 Å². The summed E-state index contributed by atoms with van der Waals surface area (Å²) in [6, 6.07) is 10.0. The number of ether oxygens (including phenoxy) is 3. The van der Waals surface area contributed by atoms with Crippen LogP contribution < -0.4 is 9.64 Å².